The van der Waals surface area contributed by atoms with Crippen molar-refractivity contribution >= 4 is 24.7 Å². The summed E-state index contributed by atoms with van der Waals surface area (Å²) in [5, 5.41) is 0. The molecular formula is C16H12AsN2O. The molecule has 0 bridgehead atoms. The van der Waals surface area contributed by atoms with Gasteiger partial charge in [0.1, 0.15) is 0 Å². The molecule has 0 saturated heterocycles. The van der Waals surface area contributed by atoms with Crippen LogP contribution in [0.2, 0.25) is 0 Å². The quantitative estimate of drug-likeness (QED) is 0.734. The summed E-state index contributed by atoms with van der Waals surface area (Å²) in [7, 11) is 0. The fraction of sp³-hybridized carbons (Fsp3) is 0. The van der Waals surface area contributed by atoms with E-state index in [1.165, 1.54) is 21.5 Å². The molecular weight excluding hydrogens is 311 g/mol. The van der Waals surface area contributed by atoms with Gasteiger partial charge in [0.2, 0.25) is 0 Å². The van der Waals surface area contributed by atoms with Crippen molar-refractivity contribution in [1.82, 2.24) is 9.97 Å². The minimum atomic E-state index is -0.303. The first-order valence-corrected chi connectivity index (χ1v) is 8.11. The average Bonchev–Trinajstić information content (AvgIpc) is 2.48. The summed E-state index contributed by atoms with van der Waals surface area (Å²) in [6.45, 7) is 0. The van der Waals surface area contributed by atoms with Gasteiger partial charge in [-0.2, -0.15) is 0 Å². The third-order valence-corrected chi connectivity index (χ3v) is 4.89. The monoisotopic (exact) mass is 323 g/mol. The molecule has 0 unspecified atom stereocenters. The second-order valence-electron chi connectivity index (χ2n) is 4.29. The van der Waals surface area contributed by atoms with Crippen LogP contribution in [0.15, 0.2) is 71.7 Å². The predicted molar refractivity (Wildman–Crippen MR) is 81.8 cm³/mol. The topological polar surface area (TPSA) is 45.8 Å². The van der Waals surface area contributed by atoms with Gasteiger partial charge in [0.15, 0.2) is 0 Å². The molecule has 0 amide bonds. The van der Waals surface area contributed by atoms with E-state index in [4.69, 9.17) is 0 Å². The number of aromatic nitrogens is 2. The molecule has 97 valence electrons. The van der Waals surface area contributed by atoms with Gasteiger partial charge in [-0.1, -0.05) is 0 Å². The first-order chi connectivity index (χ1) is 9.81. The first kappa shape index (κ1) is 12.9. The van der Waals surface area contributed by atoms with Crippen molar-refractivity contribution in [3.05, 3.63) is 77.2 Å². The summed E-state index contributed by atoms with van der Waals surface area (Å²) >= 11 is -0.303. The number of rotatable bonds is 3. The van der Waals surface area contributed by atoms with Crippen LogP contribution in [0.1, 0.15) is 0 Å². The molecule has 0 fully saturated rings. The van der Waals surface area contributed by atoms with Gasteiger partial charge < -0.3 is 0 Å². The van der Waals surface area contributed by atoms with Gasteiger partial charge in [0.25, 0.3) is 0 Å². The Morgan fingerprint density at radius 3 is 2.50 bits per heavy atom. The predicted octanol–water partition coefficient (Wildman–Crippen LogP) is 1.09. The van der Waals surface area contributed by atoms with Crippen LogP contribution in [-0.4, -0.2) is 25.7 Å². The second kappa shape index (κ2) is 5.89. The van der Waals surface area contributed by atoms with Gasteiger partial charge >= 0.3 is 123 Å². The van der Waals surface area contributed by atoms with Gasteiger partial charge in [-0.3, -0.25) is 0 Å². The number of H-pyrrole nitrogens is 1. The summed E-state index contributed by atoms with van der Waals surface area (Å²) in [4.78, 5) is 18.3. The number of hydrogen-bond acceptors (Lipinski definition) is 2. The standard InChI is InChI=1S/C16H12AsN2O/c20-15-9-10-18-16(19-15)17-14-8-4-7-13(11-14)12-5-2-1-3-6-12/h1-11H,(H,18,19,20). The number of nitrogens with one attached hydrogen (secondary N) is 1. The Morgan fingerprint density at radius 1 is 0.900 bits per heavy atom. The van der Waals surface area contributed by atoms with Gasteiger partial charge in [-0.05, 0) is 0 Å². The Kier molecular flexibility index (Phi) is 3.80. The van der Waals surface area contributed by atoms with Crippen LogP contribution >= 0.6 is 0 Å². The van der Waals surface area contributed by atoms with Crippen LogP contribution in [0, 0.1) is 0 Å². The van der Waals surface area contributed by atoms with Crippen molar-refractivity contribution in [2.75, 3.05) is 0 Å². The number of hydrogen-bond donors (Lipinski definition) is 1. The van der Waals surface area contributed by atoms with E-state index in [0.29, 0.717) is 0 Å². The van der Waals surface area contributed by atoms with Gasteiger partial charge in [0.05, 0.1) is 0 Å². The zero-order valence-corrected chi connectivity index (χ0v) is 12.5. The van der Waals surface area contributed by atoms with Crippen LogP contribution in [0.3, 0.4) is 0 Å². The summed E-state index contributed by atoms with van der Waals surface area (Å²) in [6.07, 6.45) is 1.56. The first-order valence-electron chi connectivity index (χ1n) is 6.24. The molecule has 3 nitrogen and oxygen atoms in total. The zero-order chi connectivity index (χ0) is 13.8. The van der Waals surface area contributed by atoms with E-state index in [1.807, 2.05) is 24.3 Å². The van der Waals surface area contributed by atoms with Gasteiger partial charge in [0, 0.05) is 0 Å². The SMILES string of the molecule is O=c1ccnc([As]c2cccc(-c3ccccc3)c2)[nH]1. The zero-order valence-electron chi connectivity index (χ0n) is 10.7. The van der Waals surface area contributed by atoms with E-state index in [-0.39, 0.29) is 21.3 Å². The molecule has 0 atom stereocenters. The van der Waals surface area contributed by atoms with E-state index in [0.717, 1.165) is 4.61 Å². The van der Waals surface area contributed by atoms with Gasteiger partial charge in [-0.15, -0.1) is 0 Å². The van der Waals surface area contributed by atoms with E-state index >= 15 is 0 Å². The van der Waals surface area contributed by atoms with E-state index in [1.54, 1.807) is 6.20 Å². The van der Waals surface area contributed by atoms with Crippen LogP contribution < -0.4 is 14.5 Å². The number of nitrogens with zero attached hydrogens (tertiary/aromatic N) is 1. The van der Waals surface area contributed by atoms with Crippen LogP contribution in [-0.2, 0) is 0 Å². The van der Waals surface area contributed by atoms with Crippen molar-refractivity contribution in [3.8, 4) is 11.1 Å². The molecule has 20 heavy (non-hydrogen) atoms. The molecule has 1 heterocycles. The fourth-order valence-electron chi connectivity index (χ4n) is 1.92. The molecule has 1 N–H and O–H groups in total. The van der Waals surface area contributed by atoms with Crippen molar-refractivity contribution in [2.24, 2.45) is 0 Å². The number of benzene rings is 2. The summed E-state index contributed by atoms with van der Waals surface area (Å²) in [5.41, 5.74) is 2.30. The van der Waals surface area contributed by atoms with Crippen LogP contribution in [0.25, 0.3) is 11.1 Å². The summed E-state index contributed by atoms with van der Waals surface area (Å²) in [5.74, 6) is 0. The molecule has 0 aliphatic rings. The fourth-order valence-corrected chi connectivity index (χ4v) is 3.81. The Labute approximate surface area is 123 Å². The normalized spacial score (nSPS) is 11.0. The Balaban J connectivity index is 1.90. The van der Waals surface area contributed by atoms with Crippen LogP contribution in [0.4, 0.5) is 0 Å². The summed E-state index contributed by atoms with van der Waals surface area (Å²) < 4.78 is 2.00. The Hall–Kier alpha value is -2.12. The maximum atomic E-state index is 11.3. The molecule has 2 aromatic carbocycles. The second-order valence-corrected chi connectivity index (χ2v) is 6.73. The average molecular weight is 323 g/mol. The number of aromatic amines is 1. The maximum absolute atomic E-state index is 11.3. The molecule has 4 heteroatoms. The summed E-state index contributed by atoms with van der Waals surface area (Å²) in [6, 6.07) is 20.1. The Bertz CT molecular complexity index is 768. The van der Waals surface area contributed by atoms with Crippen molar-refractivity contribution in [3.63, 3.8) is 0 Å². The van der Waals surface area contributed by atoms with E-state index < -0.39 is 0 Å². The molecule has 1 radical (unpaired) electrons. The molecule has 3 rings (SSSR count). The van der Waals surface area contributed by atoms with Crippen molar-refractivity contribution in [2.45, 2.75) is 0 Å². The van der Waals surface area contributed by atoms with Gasteiger partial charge in [-0.25, -0.2) is 0 Å². The van der Waals surface area contributed by atoms with Crippen LogP contribution in [0.5, 0.6) is 0 Å². The molecule has 1 aromatic heterocycles. The van der Waals surface area contributed by atoms with Crippen molar-refractivity contribution < 1.29 is 0 Å². The molecule has 0 aliphatic heterocycles. The molecule has 0 aliphatic carbocycles. The molecule has 0 spiro atoms. The van der Waals surface area contributed by atoms with E-state index in [2.05, 4.69) is 40.3 Å². The third-order valence-electron chi connectivity index (χ3n) is 2.85. The third kappa shape index (κ3) is 3.06. The molecule has 0 saturated carbocycles. The Morgan fingerprint density at radius 2 is 1.70 bits per heavy atom. The van der Waals surface area contributed by atoms with Crippen molar-refractivity contribution in [1.29, 1.82) is 0 Å². The molecule has 3 aromatic rings. The van der Waals surface area contributed by atoms with E-state index in [9.17, 15) is 4.79 Å². The minimum absolute atomic E-state index is 0.0930.